The molecular formula is C13H23N5O5. The molecule has 0 atom stereocenters. The zero-order valence-corrected chi connectivity index (χ0v) is 13.0. The predicted molar refractivity (Wildman–Crippen MR) is 81.9 cm³/mol. The Morgan fingerprint density at radius 1 is 1.22 bits per heavy atom. The molecule has 4 N–H and O–H groups in total. The maximum absolute atomic E-state index is 11.1. The van der Waals surface area contributed by atoms with Gasteiger partial charge >= 0.3 is 5.69 Å². The van der Waals surface area contributed by atoms with Gasteiger partial charge in [-0.1, -0.05) is 0 Å². The number of nitrogens with two attached hydrogens (primary N) is 2. The van der Waals surface area contributed by atoms with Crippen LogP contribution < -0.4 is 11.5 Å². The number of unbranched alkanes of at least 4 members (excludes halogenated alkanes) is 2. The van der Waals surface area contributed by atoms with Crippen LogP contribution in [0.1, 0.15) is 29.8 Å². The van der Waals surface area contributed by atoms with Crippen molar-refractivity contribution in [3.63, 3.8) is 0 Å². The molecule has 130 valence electrons. The largest absolute Gasteiger partial charge is 0.379 e. The molecular weight excluding hydrogens is 306 g/mol. The van der Waals surface area contributed by atoms with Crippen LogP contribution in [-0.2, 0) is 16.0 Å². The zero-order chi connectivity index (χ0) is 17.1. The minimum Gasteiger partial charge on any atom is -0.379 e. The molecule has 0 aliphatic rings. The van der Waals surface area contributed by atoms with E-state index in [9.17, 15) is 14.9 Å². The van der Waals surface area contributed by atoms with E-state index in [0.717, 1.165) is 25.5 Å². The Balaban J connectivity index is 2.18. The molecule has 10 nitrogen and oxygen atoms in total. The number of amides is 1. The zero-order valence-electron chi connectivity index (χ0n) is 13.0. The van der Waals surface area contributed by atoms with Gasteiger partial charge in [-0.3, -0.25) is 19.6 Å². The molecule has 0 bridgehead atoms. The van der Waals surface area contributed by atoms with E-state index in [0.29, 0.717) is 33.0 Å². The van der Waals surface area contributed by atoms with Crippen molar-refractivity contribution in [3.8, 4) is 0 Å². The molecule has 0 aliphatic heterocycles. The van der Waals surface area contributed by atoms with Crippen LogP contribution in [0.15, 0.2) is 6.20 Å². The van der Waals surface area contributed by atoms with Crippen molar-refractivity contribution in [1.82, 2.24) is 9.78 Å². The van der Waals surface area contributed by atoms with Crippen molar-refractivity contribution in [2.24, 2.45) is 11.5 Å². The molecule has 1 aromatic rings. The molecule has 0 aromatic carbocycles. The molecule has 0 radical (unpaired) electrons. The number of primary amides is 1. The summed E-state index contributed by atoms with van der Waals surface area (Å²) in [6.07, 6.45) is 4.20. The molecule has 1 rings (SSSR count). The molecule has 23 heavy (non-hydrogen) atoms. The fourth-order valence-corrected chi connectivity index (χ4v) is 1.84. The molecule has 0 aliphatic carbocycles. The van der Waals surface area contributed by atoms with Gasteiger partial charge in [0.1, 0.15) is 6.20 Å². The Kier molecular flexibility index (Phi) is 8.80. The van der Waals surface area contributed by atoms with Gasteiger partial charge in [0, 0.05) is 6.61 Å². The topological polar surface area (TPSA) is 149 Å². The summed E-state index contributed by atoms with van der Waals surface area (Å²) in [6, 6.07) is 0. The fraction of sp³-hybridized carbons (Fsp3) is 0.692. The van der Waals surface area contributed by atoms with Crippen LogP contribution in [0.5, 0.6) is 0 Å². The Labute approximate surface area is 133 Å². The van der Waals surface area contributed by atoms with Gasteiger partial charge < -0.3 is 20.9 Å². The summed E-state index contributed by atoms with van der Waals surface area (Å²) >= 11 is 0. The van der Waals surface area contributed by atoms with E-state index in [1.807, 2.05) is 0 Å². The number of rotatable bonds is 13. The highest BCUT2D eigenvalue weighted by atomic mass is 16.6. The van der Waals surface area contributed by atoms with Crippen LogP contribution >= 0.6 is 0 Å². The first kappa shape index (κ1) is 19.0. The van der Waals surface area contributed by atoms with Crippen molar-refractivity contribution in [2.75, 3.05) is 33.0 Å². The van der Waals surface area contributed by atoms with E-state index in [4.69, 9.17) is 20.9 Å². The maximum atomic E-state index is 11.1. The predicted octanol–water partition coefficient (Wildman–Crippen LogP) is 0.0524. The lowest BCUT2D eigenvalue weighted by molar-refractivity contribution is -0.385. The summed E-state index contributed by atoms with van der Waals surface area (Å²) in [4.78, 5) is 21.1. The summed E-state index contributed by atoms with van der Waals surface area (Å²) < 4.78 is 12.0. The van der Waals surface area contributed by atoms with Crippen molar-refractivity contribution < 1.29 is 19.2 Å². The first-order chi connectivity index (χ1) is 11.1. The van der Waals surface area contributed by atoms with Gasteiger partial charge in [-0.15, -0.1) is 0 Å². The summed E-state index contributed by atoms with van der Waals surface area (Å²) in [5, 5.41) is 14.6. The molecule has 0 saturated carbocycles. The highest BCUT2D eigenvalue weighted by molar-refractivity contribution is 5.94. The van der Waals surface area contributed by atoms with Gasteiger partial charge in [0.2, 0.25) is 5.69 Å². The summed E-state index contributed by atoms with van der Waals surface area (Å²) in [6.45, 7) is 2.86. The number of nitro groups is 1. The lowest BCUT2D eigenvalue weighted by atomic mass is 10.2. The highest BCUT2D eigenvalue weighted by Crippen LogP contribution is 2.15. The molecule has 1 aromatic heterocycles. The van der Waals surface area contributed by atoms with Crippen LogP contribution in [0.25, 0.3) is 0 Å². The van der Waals surface area contributed by atoms with E-state index >= 15 is 0 Å². The van der Waals surface area contributed by atoms with Crippen LogP contribution in [0, 0.1) is 10.1 Å². The summed E-state index contributed by atoms with van der Waals surface area (Å²) in [5.41, 5.74) is 9.67. The van der Waals surface area contributed by atoms with E-state index in [-0.39, 0.29) is 12.2 Å². The second kappa shape index (κ2) is 10.6. The minimum absolute atomic E-state index is 0.282. The smallest absolute Gasteiger partial charge is 0.320 e. The standard InChI is InChI=1S/C13H23N5O5/c14-4-2-1-3-6-22-8-9-23-7-5-17-10-11(18(20)21)12(16-17)13(15)19/h10H,1-9,14H2,(H2,15,19). The summed E-state index contributed by atoms with van der Waals surface area (Å²) in [5.74, 6) is -0.931. The Morgan fingerprint density at radius 2 is 1.91 bits per heavy atom. The molecule has 1 amide bonds. The van der Waals surface area contributed by atoms with E-state index in [2.05, 4.69) is 5.10 Å². The number of nitrogens with zero attached hydrogens (tertiary/aromatic N) is 3. The molecule has 0 fully saturated rings. The number of hydrogen-bond donors (Lipinski definition) is 2. The average molecular weight is 329 g/mol. The number of aromatic nitrogens is 2. The second-order valence-corrected chi connectivity index (χ2v) is 4.82. The van der Waals surface area contributed by atoms with Crippen molar-refractivity contribution >= 4 is 11.6 Å². The lowest BCUT2D eigenvalue weighted by Crippen LogP contribution is -2.15. The lowest BCUT2D eigenvalue weighted by Gasteiger charge is -2.05. The first-order valence-corrected chi connectivity index (χ1v) is 7.43. The van der Waals surface area contributed by atoms with E-state index in [1.165, 1.54) is 4.68 Å². The number of ether oxygens (including phenoxy) is 2. The first-order valence-electron chi connectivity index (χ1n) is 7.43. The third kappa shape index (κ3) is 7.17. The average Bonchev–Trinajstić information content (AvgIpc) is 2.94. The van der Waals surface area contributed by atoms with Crippen LogP contribution in [0.3, 0.4) is 0 Å². The van der Waals surface area contributed by atoms with Crippen LogP contribution in [0.4, 0.5) is 5.69 Å². The molecule has 0 spiro atoms. The molecule has 1 heterocycles. The number of carbonyl (C=O) groups is 1. The van der Waals surface area contributed by atoms with Gasteiger partial charge in [-0.05, 0) is 25.8 Å². The molecule has 0 unspecified atom stereocenters. The normalized spacial score (nSPS) is 10.8. The van der Waals surface area contributed by atoms with E-state index in [1.54, 1.807) is 0 Å². The Bertz CT molecular complexity index is 473. The van der Waals surface area contributed by atoms with Gasteiger partial charge in [0.15, 0.2) is 0 Å². The maximum Gasteiger partial charge on any atom is 0.320 e. The van der Waals surface area contributed by atoms with Crippen LogP contribution in [-0.4, -0.2) is 53.6 Å². The van der Waals surface area contributed by atoms with Gasteiger partial charge in [-0.25, -0.2) is 0 Å². The van der Waals surface area contributed by atoms with Gasteiger partial charge in [0.25, 0.3) is 5.91 Å². The third-order valence-electron chi connectivity index (χ3n) is 3.00. The van der Waals surface area contributed by atoms with E-state index < -0.39 is 16.5 Å². The van der Waals surface area contributed by atoms with Crippen LogP contribution in [0.2, 0.25) is 0 Å². The van der Waals surface area contributed by atoms with Gasteiger partial charge in [-0.2, -0.15) is 5.10 Å². The monoisotopic (exact) mass is 329 g/mol. The quantitative estimate of drug-likeness (QED) is 0.295. The SMILES string of the molecule is NCCCCCOCCOCCn1cc([N+](=O)[O-])c(C(N)=O)n1. The third-order valence-corrected chi connectivity index (χ3v) is 3.00. The number of hydrogen-bond acceptors (Lipinski definition) is 7. The minimum atomic E-state index is -0.931. The second-order valence-electron chi connectivity index (χ2n) is 4.82. The van der Waals surface area contributed by atoms with Crippen molar-refractivity contribution in [1.29, 1.82) is 0 Å². The molecule has 10 heteroatoms. The number of carbonyl (C=O) groups excluding carboxylic acids is 1. The Hall–Kier alpha value is -2.04. The fourth-order valence-electron chi connectivity index (χ4n) is 1.84. The highest BCUT2D eigenvalue weighted by Gasteiger charge is 2.23. The Morgan fingerprint density at radius 3 is 2.48 bits per heavy atom. The molecule has 0 saturated heterocycles. The van der Waals surface area contributed by atoms with Gasteiger partial charge in [0.05, 0.1) is 31.3 Å². The van der Waals surface area contributed by atoms with Crippen molar-refractivity contribution in [3.05, 3.63) is 22.0 Å². The summed E-state index contributed by atoms with van der Waals surface area (Å²) in [7, 11) is 0. The van der Waals surface area contributed by atoms with Crippen molar-refractivity contribution in [2.45, 2.75) is 25.8 Å².